The van der Waals surface area contributed by atoms with Crippen molar-refractivity contribution in [2.45, 2.75) is 24.7 Å². The Balaban J connectivity index is 1.49. The number of halogens is 1. The molecule has 4 rings (SSSR count). The van der Waals surface area contributed by atoms with Crippen molar-refractivity contribution in [3.63, 3.8) is 0 Å². The number of aromatic nitrogens is 2. The van der Waals surface area contributed by atoms with Crippen molar-refractivity contribution in [3.05, 3.63) is 64.5 Å². The van der Waals surface area contributed by atoms with Crippen molar-refractivity contribution < 1.29 is 12.9 Å². The third-order valence-electron chi connectivity index (χ3n) is 4.84. The lowest BCUT2D eigenvalue weighted by Gasteiger charge is -2.35. The molecule has 27 heavy (non-hydrogen) atoms. The van der Waals surface area contributed by atoms with E-state index in [0.29, 0.717) is 34.7 Å². The summed E-state index contributed by atoms with van der Waals surface area (Å²) in [7, 11) is -3.51. The molecule has 0 spiro atoms. The van der Waals surface area contributed by atoms with E-state index in [9.17, 15) is 8.42 Å². The number of benzene rings is 2. The molecule has 1 fully saturated rings. The van der Waals surface area contributed by atoms with Crippen molar-refractivity contribution in [1.29, 1.82) is 0 Å². The van der Waals surface area contributed by atoms with Crippen molar-refractivity contribution in [2.75, 3.05) is 13.1 Å². The first-order chi connectivity index (χ1) is 12.8. The molecule has 3 aromatic rings. The van der Waals surface area contributed by atoms with E-state index in [-0.39, 0.29) is 5.92 Å². The molecule has 0 atom stereocenters. The molecule has 2 aromatic carbocycles. The van der Waals surface area contributed by atoms with Gasteiger partial charge in [-0.05, 0) is 49.2 Å². The maximum absolute atomic E-state index is 12.8. The smallest absolute Gasteiger partial charge is 0.243 e. The molecule has 1 aliphatic rings. The highest BCUT2D eigenvalue weighted by Crippen LogP contribution is 2.32. The molecule has 1 saturated heterocycles. The fourth-order valence-corrected chi connectivity index (χ4v) is 4.77. The molecule has 0 bridgehead atoms. The summed E-state index contributed by atoms with van der Waals surface area (Å²) >= 11 is 5.99. The van der Waals surface area contributed by atoms with E-state index in [1.807, 2.05) is 32.0 Å². The standard InChI is InChI=1S/C19H18ClN3O3S/c1-12-6-7-17(8-13(12)2)27(24,25)23-10-15(11-23)19-21-18(22-26-19)14-4-3-5-16(20)9-14/h3-9,15H,10-11H2,1-2H3. The highest BCUT2D eigenvalue weighted by atomic mass is 35.5. The second-order valence-electron chi connectivity index (χ2n) is 6.73. The van der Waals surface area contributed by atoms with E-state index < -0.39 is 10.0 Å². The van der Waals surface area contributed by atoms with Gasteiger partial charge >= 0.3 is 0 Å². The molecule has 0 N–H and O–H groups in total. The topological polar surface area (TPSA) is 76.3 Å². The summed E-state index contributed by atoms with van der Waals surface area (Å²) in [4.78, 5) is 4.71. The van der Waals surface area contributed by atoms with Gasteiger partial charge < -0.3 is 4.52 Å². The van der Waals surface area contributed by atoms with Crippen molar-refractivity contribution >= 4 is 21.6 Å². The Bertz CT molecular complexity index is 1100. The summed E-state index contributed by atoms with van der Waals surface area (Å²) in [6, 6.07) is 12.4. The van der Waals surface area contributed by atoms with E-state index in [1.165, 1.54) is 4.31 Å². The Hall–Kier alpha value is -2.22. The van der Waals surface area contributed by atoms with Crippen molar-refractivity contribution in [3.8, 4) is 11.4 Å². The van der Waals surface area contributed by atoms with Crippen LogP contribution in [0, 0.1) is 13.8 Å². The minimum atomic E-state index is -3.51. The molecule has 0 radical (unpaired) electrons. The van der Waals surface area contributed by atoms with Gasteiger partial charge in [-0.15, -0.1) is 0 Å². The first kappa shape index (κ1) is 18.2. The molecule has 0 aliphatic carbocycles. The van der Waals surface area contributed by atoms with E-state index in [2.05, 4.69) is 10.1 Å². The molecule has 0 saturated carbocycles. The van der Waals surface area contributed by atoms with Gasteiger partial charge in [0, 0.05) is 23.7 Å². The SMILES string of the molecule is Cc1ccc(S(=O)(=O)N2CC(c3nc(-c4cccc(Cl)c4)no3)C2)cc1C. The summed E-state index contributed by atoms with van der Waals surface area (Å²) < 4.78 is 32.3. The van der Waals surface area contributed by atoms with Gasteiger partial charge in [0.25, 0.3) is 0 Å². The van der Waals surface area contributed by atoms with Crippen LogP contribution in [0.3, 0.4) is 0 Å². The van der Waals surface area contributed by atoms with Gasteiger partial charge in [-0.2, -0.15) is 9.29 Å². The lowest BCUT2D eigenvalue weighted by atomic mass is 10.0. The number of rotatable bonds is 4. The maximum Gasteiger partial charge on any atom is 0.243 e. The average molecular weight is 404 g/mol. The normalized spacial score (nSPS) is 15.7. The summed E-state index contributed by atoms with van der Waals surface area (Å²) in [5, 5.41) is 4.58. The van der Waals surface area contributed by atoms with Crippen LogP contribution in [0.5, 0.6) is 0 Å². The number of hydrogen-bond acceptors (Lipinski definition) is 5. The molecular weight excluding hydrogens is 386 g/mol. The van der Waals surface area contributed by atoms with E-state index in [1.54, 1.807) is 24.3 Å². The van der Waals surface area contributed by atoms with Gasteiger partial charge in [0.05, 0.1) is 10.8 Å². The van der Waals surface area contributed by atoms with E-state index in [0.717, 1.165) is 16.7 Å². The van der Waals surface area contributed by atoms with E-state index >= 15 is 0 Å². The Morgan fingerprint density at radius 1 is 1.11 bits per heavy atom. The van der Waals surface area contributed by atoms with Gasteiger partial charge in [0.15, 0.2) is 0 Å². The second-order valence-corrected chi connectivity index (χ2v) is 9.11. The molecule has 140 valence electrons. The highest BCUT2D eigenvalue weighted by Gasteiger charge is 2.40. The van der Waals surface area contributed by atoms with Crippen molar-refractivity contribution in [2.24, 2.45) is 0 Å². The minimum absolute atomic E-state index is 0.105. The van der Waals surface area contributed by atoms with Crippen LogP contribution in [-0.2, 0) is 10.0 Å². The molecule has 8 heteroatoms. The molecule has 0 unspecified atom stereocenters. The number of aryl methyl sites for hydroxylation is 2. The molecule has 6 nitrogen and oxygen atoms in total. The average Bonchev–Trinajstić information content (AvgIpc) is 3.05. The monoisotopic (exact) mass is 403 g/mol. The summed E-state index contributed by atoms with van der Waals surface area (Å²) in [6.45, 7) is 4.51. The lowest BCUT2D eigenvalue weighted by molar-refractivity contribution is 0.217. The van der Waals surface area contributed by atoms with Crippen LogP contribution >= 0.6 is 11.6 Å². The zero-order valence-corrected chi connectivity index (χ0v) is 16.5. The minimum Gasteiger partial charge on any atom is -0.339 e. The maximum atomic E-state index is 12.8. The molecular formula is C19H18ClN3O3S. The molecule has 1 aromatic heterocycles. The summed E-state index contributed by atoms with van der Waals surface area (Å²) in [5.41, 5.74) is 2.78. The number of sulfonamides is 1. The molecule has 0 amide bonds. The Morgan fingerprint density at radius 2 is 1.89 bits per heavy atom. The first-order valence-corrected chi connectivity index (χ1v) is 10.3. The Morgan fingerprint density at radius 3 is 2.59 bits per heavy atom. The summed E-state index contributed by atoms with van der Waals surface area (Å²) in [5.74, 6) is 0.784. The zero-order valence-electron chi connectivity index (χ0n) is 14.9. The fourth-order valence-electron chi connectivity index (χ4n) is 2.96. The van der Waals surface area contributed by atoms with Crippen molar-refractivity contribution in [1.82, 2.24) is 14.4 Å². The van der Waals surface area contributed by atoms with Crippen LogP contribution < -0.4 is 0 Å². The first-order valence-electron chi connectivity index (χ1n) is 8.51. The van der Waals surface area contributed by atoms with Gasteiger partial charge in [-0.3, -0.25) is 0 Å². The molecule has 1 aliphatic heterocycles. The largest absolute Gasteiger partial charge is 0.339 e. The predicted molar refractivity (Wildman–Crippen MR) is 102 cm³/mol. The van der Waals surface area contributed by atoms with E-state index in [4.69, 9.17) is 16.1 Å². The van der Waals surface area contributed by atoms with Crippen LogP contribution in [-0.4, -0.2) is 36.0 Å². The van der Waals surface area contributed by atoms with Crippen LogP contribution in [0.25, 0.3) is 11.4 Å². The molecule has 2 heterocycles. The Labute approximate surface area is 162 Å². The lowest BCUT2D eigenvalue weighted by Crippen LogP contribution is -2.48. The number of hydrogen-bond donors (Lipinski definition) is 0. The second kappa shape index (κ2) is 6.74. The zero-order chi connectivity index (χ0) is 19.2. The van der Waals surface area contributed by atoms with Crippen LogP contribution in [0.4, 0.5) is 0 Å². The predicted octanol–water partition coefficient (Wildman–Crippen LogP) is 3.79. The van der Waals surface area contributed by atoms with Gasteiger partial charge in [-0.25, -0.2) is 8.42 Å². The van der Waals surface area contributed by atoms with Crippen LogP contribution in [0.15, 0.2) is 51.9 Å². The quantitative estimate of drug-likeness (QED) is 0.662. The van der Waals surface area contributed by atoms with Crippen LogP contribution in [0.1, 0.15) is 22.9 Å². The third-order valence-corrected chi connectivity index (χ3v) is 6.90. The summed E-state index contributed by atoms with van der Waals surface area (Å²) in [6.07, 6.45) is 0. The van der Waals surface area contributed by atoms with Gasteiger partial charge in [-0.1, -0.05) is 35.0 Å². The fraction of sp³-hybridized carbons (Fsp3) is 0.263. The Kier molecular flexibility index (Phi) is 4.53. The van der Waals surface area contributed by atoms with Gasteiger partial charge in [0.2, 0.25) is 21.7 Å². The number of nitrogens with zero attached hydrogens (tertiary/aromatic N) is 3. The van der Waals surface area contributed by atoms with Crippen LogP contribution in [0.2, 0.25) is 5.02 Å². The highest BCUT2D eigenvalue weighted by molar-refractivity contribution is 7.89. The van der Waals surface area contributed by atoms with Gasteiger partial charge in [0.1, 0.15) is 0 Å². The third kappa shape index (κ3) is 3.38.